The summed E-state index contributed by atoms with van der Waals surface area (Å²) in [5.74, 6) is 0. The molecular formula is C19H26IN. The summed E-state index contributed by atoms with van der Waals surface area (Å²) in [6.07, 6.45) is 1.08. The lowest BCUT2D eigenvalue weighted by Gasteiger charge is -2.35. The van der Waals surface area contributed by atoms with E-state index in [1.165, 1.54) is 22.3 Å². The summed E-state index contributed by atoms with van der Waals surface area (Å²) < 4.78 is 0.944. The van der Waals surface area contributed by atoms with E-state index in [9.17, 15) is 0 Å². The number of quaternary nitrogens is 1. The molecule has 0 aromatic heterocycles. The molecule has 2 heteroatoms. The van der Waals surface area contributed by atoms with Gasteiger partial charge in [0.15, 0.2) is 0 Å². The van der Waals surface area contributed by atoms with Crippen LogP contribution in [0.5, 0.6) is 0 Å². The number of aryl methyl sites for hydroxylation is 2. The fourth-order valence-electron chi connectivity index (χ4n) is 2.81. The van der Waals surface area contributed by atoms with Crippen LogP contribution in [0.4, 0.5) is 0 Å². The second-order valence-corrected chi connectivity index (χ2v) is 6.62. The summed E-state index contributed by atoms with van der Waals surface area (Å²) >= 11 is 0. The summed E-state index contributed by atoms with van der Waals surface area (Å²) in [6, 6.07) is 18.0. The number of halogens is 1. The first kappa shape index (κ1) is 18.2. The van der Waals surface area contributed by atoms with Crippen LogP contribution in [-0.4, -0.2) is 25.6 Å². The Morgan fingerprint density at radius 2 is 1.33 bits per heavy atom. The Balaban J connectivity index is 0.00000220. The van der Waals surface area contributed by atoms with Crippen molar-refractivity contribution in [1.82, 2.24) is 0 Å². The van der Waals surface area contributed by atoms with Gasteiger partial charge in [0.25, 0.3) is 0 Å². The lowest BCUT2D eigenvalue weighted by atomic mass is 9.92. The zero-order valence-electron chi connectivity index (χ0n) is 13.7. The number of hydrogen-bond donors (Lipinski definition) is 0. The van der Waals surface area contributed by atoms with Crippen LogP contribution in [0.1, 0.15) is 28.3 Å². The highest BCUT2D eigenvalue weighted by atomic mass is 127. The summed E-state index contributed by atoms with van der Waals surface area (Å²) in [4.78, 5) is 0. The molecule has 0 spiro atoms. The van der Waals surface area contributed by atoms with Gasteiger partial charge in [-0.1, -0.05) is 48.5 Å². The molecule has 0 amide bonds. The van der Waals surface area contributed by atoms with Gasteiger partial charge in [-0.25, -0.2) is 0 Å². The molecular weight excluding hydrogens is 369 g/mol. The van der Waals surface area contributed by atoms with Crippen LogP contribution in [0.15, 0.2) is 48.5 Å². The normalized spacial score (nSPS) is 12.6. The minimum absolute atomic E-state index is 0. The Kier molecular flexibility index (Phi) is 6.41. The molecule has 1 atom stereocenters. The van der Waals surface area contributed by atoms with Gasteiger partial charge in [0, 0.05) is 12.0 Å². The molecule has 2 aromatic rings. The van der Waals surface area contributed by atoms with Crippen LogP contribution in [0.2, 0.25) is 0 Å². The van der Waals surface area contributed by atoms with Crippen molar-refractivity contribution in [3.8, 4) is 0 Å². The van der Waals surface area contributed by atoms with E-state index in [2.05, 4.69) is 83.5 Å². The largest absolute Gasteiger partial charge is 1.00 e. The molecule has 0 fully saturated rings. The van der Waals surface area contributed by atoms with Crippen molar-refractivity contribution in [3.05, 3.63) is 70.8 Å². The molecule has 0 radical (unpaired) electrons. The van der Waals surface area contributed by atoms with Crippen molar-refractivity contribution >= 4 is 0 Å². The van der Waals surface area contributed by atoms with E-state index in [0.29, 0.717) is 6.04 Å². The number of hydrogen-bond acceptors (Lipinski definition) is 0. The fraction of sp³-hybridized carbons (Fsp3) is 0.368. The van der Waals surface area contributed by atoms with Gasteiger partial charge in [0.1, 0.15) is 6.04 Å². The average Bonchev–Trinajstić information content (AvgIpc) is 2.38. The van der Waals surface area contributed by atoms with Crippen molar-refractivity contribution in [2.75, 3.05) is 21.1 Å². The zero-order chi connectivity index (χ0) is 14.8. The monoisotopic (exact) mass is 395 g/mol. The van der Waals surface area contributed by atoms with Crippen LogP contribution in [-0.2, 0) is 6.42 Å². The second-order valence-electron chi connectivity index (χ2n) is 6.62. The lowest BCUT2D eigenvalue weighted by Crippen LogP contribution is -3.00. The van der Waals surface area contributed by atoms with Crippen LogP contribution in [0.25, 0.3) is 0 Å². The maximum Gasteiger partial charge on any atom is 0.118 e. The molecule has 0 aliphatic rings. The zero-order valence-corrected chi connectivity index (χ0v) is 15.9. The van der Waals surface area contributed by atoms with E-state index < -0.39 is 0 Å². The van der Waals surface area contributed by atoms with Crippen molar-refractivity contribution < 1.29 is 28.5 Å². The summed E-state index contributed by atoms with van der Waals surface area (Å²) in [5.41, 5.74) is 5.69. The minimum atomic E-state index is 0. The van der Waals surface area contributed by atoms with E-state index >= 15 is 0 Å². The highest BCUT2D eigenvalue weighted by Crippen LogP contribution is 2.30. The first-order valence-electron chi connectivity index (χ1n) is 7.31. The molecule has 0 heterocycles. The third kappa shape index (κ3) is 4.55. The smallest absolute Gasteiger partial charge is 0.118 e. The number of rotatable bonds is 4. The van der Waals surface area contributed by atoms with Crippen LogP contribution < -0.4 is 24.0 Å². The molecule has 0 saturated carbocycles. The van der Waals surface area contributed by atoms with Crippen LogP contribution in [0, 0.1) is 13.8 Å². The van der Waals surface area contributed by atoms with Gasteiger partial charge in [-0.05, 0) is 30.5 Å². The van der Waals surface area contributed by atoms with Crippen LogP contribution >= 0.6 is 0 Å². The van der Waals surface area contributed by atoms with E-state index in [1.807, 2.05) is 0 Å². The second kappa shape index (κ2) is 7.41. The quantitative estimate of drug-likeness (QED) is 0.541. The van der Waals surface area contributed by atoms with E-state index in [4.69, 9.17) is 0 Å². The summed E-state index contributed by atoms with van der Waals surface area (Å²) in [6.45, 7) is 4.43. The van der Waals surface area contributed by atoms with Gasteiger partial charge < -0.3 is 28.5 Å². The third-order valence-electron chi connectivity index (χ3n) is 4.16. The van der Waals surface area contributed by atoms with E-state index in [-0.39, 0.29) is 24.0 Å². The van der Waals surface area contributed by atoms with Gasteiger partial charge in [-0.15, -0.1) is 0 Å². The topological polar surface area (TPSA) is 0 Å². The highest BCUT2D eigenvalue weighted by molar-refractivity contribution is 5.32. The van der Waals surface area contributed by atoms with Crippen molar-refractivity contribution in [2.24, 2.45) is 0 Å². The maximum absolute atomic E-state index is 2.29. The van der Waals surface area contributed by atoms with Crippen LogP contribution in [0.3, 0.4) is 0 Å². The molecule has 0 bridgehead atoms. The fourth-order valence-corrected chi connectivity index (χ4v) is 2.81. The SMILES string of the molecule is Cc1ccccc1CC(c1ccccc1C)[N+](C)(C)C.[I-]. The highest BCUT2D eigenvalue weighted by Gasteiger charge is 2.27. The molecule has 0 N–H and O–H groups in total. The summed E-state index contributed by atoms with van der Waals surface area (Å²) in [5, 5.41) is 0. The molecule has 1 unspecified atom stereocenters. The molecule has 0 saturated heterocycles. The molecule has 114 valence electrons. The number of likely N-dealkylation sites (N-methyl/N-ethyl adjacent to an activating group) is 1. The average molecular weight is 395 g/mol. The molecule has 2 aromatic carbocycles. The summed E-state index contributed by atoms with van der Waals surface area (Å²) in [7, 11) is 6.86. The van der Waals surface area contributed by atoms with Gasteiger partial charge >= 0.3 is 0 Å². The maximum atomic E-state index is 2.29. The number of nitrogens with zero attached hydrogens (tertiary/aromatic N) is 1. The van der Waals surface area contributed by atoms with E-state index in [1.54, 1.807) is 0 Å². The van der Waals surface area contributed by atoms with Gasteiger partial charge in [-0.2, -0.15) is 0 Å². The van der Waals surface area contributed by atoms with E-state index in [0.717, 1.165) is 10.9 Å². The Morgan fingerprint density at radius 1 is 0.810 bits per heavy atom. The molecule has 21 heavy (non-hydrogen) atoms. The third-order valence-corrected chi connectivity index (χ3v) is 4.16. The van der Waals surface area contributed by atoms with Gasteiger partial charge in [0.2, 0.25) is 0 Å². The first-order chi connectivity index (χ1) is 9.39. The van der Waals surface area contributed by atoms with Crippen molar-refractivity contribution in [1.29, 1.82) is 0 Å². The van der Waals surface area contributed by atoms with Gasteiger partial charge in [0.05, 0.1) is 21.1 Å². The van der Waals surface area contributed by atoms with Crippen molar-refractivity contribution in [3.63, 3.8) is 0 Å². The predicted octanol–water partition coefficient (Wildman–Crippen LogP) is 1.30. The number of benzene rings is 2. The van der Waals surface area contributed by atoms with Crippen molar-refractivity contribution in [2.45, 2.75) is 26.3 Å². The Bertz CT molecular complexity index is 584. The molecule has 0 aliphatic heterocycles. The first-order valence-corrected chi connectivity index (χ1v) is 7.31. The van der Waals surface area contributed by atoms with Gasteiger partial charge in [-0.3, -0.25) is 0 Å². The molecule has 0 aliphatic carbocycles. The Morgan fingerprint density at radius 3 is 1.86 bits per heavy atom. The molecule has 2 rings (SSSR count). The Hall–Kier alpha value is -0.870. The molecule has 1 nitrogen and oxygen atoms in total. The standard InChI is InChI=1S/C19H26N.HI/c1-15-10-6-8-12-17(15)14-19(20(3,4)5)18-13-9-7-11-16(18)2;/h6-13,19H,14H2,1-5H3;1H/q+1;/p-1. The minimum Gasteiger partial charge on any atom is -1.00 e. The lowest BCUT2D eigenvalue weighted by molar-refractivity contribution is -0.902. The Labute approximate surface area is 146 Å². The predicted molar refractivity (Wildman–Crippen MR) is 86.8 cm³/mol.